The lowest BCUT2D eigenvalue weighted by Gasteiger charge is -2.34. The van der Waals surface area contributed by atoms with E-state index in [0.717, 1.165) is 24.0 Å². The summed E-state index contributed by atoms with van der Waals surface area (Å²) in [7, 11) is 0. The second-order valence-corrected chi connectivity index (χ2v) is 5.63. The summed E-state index contributed by atoms with van der Waals surface area (Å²) in [6.07, 6.45) is 0. The van der Waals surface area contributed by atoms with Gasteiger partial charge in [-0.1, -0.05) is 13.8 Å². The number of anilines is 1. The van der Waals surface area contributed by atoms with Crippen molar-refractivity contribution in [2.75, 3.05) is 31.1 Å². The van der Waals surface area contributed by atoms with Gasteiger partial charge >= 0.3 is 0 Å². The number of hydrogen-bond acceptors (Lipinski definition) is 6. The van der Waals surface area contributed by atoms with Gasteiger partial charge in [-0.15, -0.1) is 0 Å². The third-order valence-corrected chi connectivity index (χ3v) is 3.86. The standard InChI is InChI=1S/C12H21N5OS/c1-4-14-11(18)9-7-13-5-6-17(9)12-15-10(8(2)3)16-19-12/h8-9,13H,4-7H2,1-3H3,(H,14,18). The Balaban J connectivity index is 2.16. The van der Waals surface area contributed by atoms with Crippen LogP contribution in [0.25, 0.3) is 0 Å². The maximum Gasteiger partial charge on any atom is 0.244 e. The zero-order valence-corrected chi connectivity index (χ0v) is 12.5. The predicted octanol–water partition coefficient (Wildman–Crippen LogP) is 0.576. The molecule has 19 heavy (non-hydrogen) atoms. The van der Waals surface area contributed by atoms with E-state index in [1.54, 1.807) is 0 Å². The highest BCUT2D eigenvalue weighted by molar-refractivity contribution is 7.09. The largest absolute Gasteiger partial charge is 0.355 e. The molecule has 0 bridgehead atoms. The van der Waals surface area contributed by atoms with Gasteiger partial charge in [0.05, 0.1) is 0 Å². The molecule has 1 aromatic heterocycles. The van der Waals surface area contributed by atoms with E-state index in [2.05, 4.69) is 38.7 Å². The molecule has 0 aliphatic carbocycles. The van der Waals surface area contributed by atoms with E-state index in [4.69, 9.17) is 0 Å². The second kappa shape index (κ2) is 6.29. The van der Waals surface area contributed by atoms with Crippen molar-refractivity contribution in [3.8, 4) is 0 Å². The maximum absolute atomic E-state index is 12.1. The van der Waals surface area contributed by atoms with E-state index in [0.29, 0.717) is 19.0 Å². The fraction of sp³-hybridized carbons (Fsp3) is 0.750. The summed E-state index contributed by atoms with van der Waals surface area (Å²) >= 11 is 1.38. The van der Waals surface area contributed by atoms with Crippen LogP contribution in [-0.4, -0.2) is 47.5 Å². The zero-order chi connectivity index (χ0) is 13.8. The van der Waals surface area contributed by atoms with Gasteiger partial charge in [0.2, 0.25) is 11.0 Å². The van der Waals surface area contributed by atoms with Crippen molar-refractivity contribution in [3.05, 3.63) is 5.82 Å². The van der Waals surface area contributed by atoms with Gasteiger partial charge in [-0.3, -0.25) is 4.79 Å². The number of piperazine rings is 1. The highest BCUT2D eigenvalue weighted by atomic mass is 32.1. The lowest BCUT2D eigenvalue weighted by Crippen LogP contribution is -2.58. The first-order valence-electron chi connectivity index (χ1n) is 6.72. The summed E-state index contributed by atoms with van der Waals surface area (Å²) in [6.45, 7) is 9.04. The number of nitrogens with zero attached hydrogens (tertiary/aromatic N) is 3. The lowest BCUT2D eigenvalue weighted by molar-refractivity contribution is -0.122. The Morgan fingerprint density at radius 2 is 2.42 bits per heavy atom. The van der Waals surface area contributed by atoms with Gasteiger partial charge in [-0.2, -0.15) is 4.37 Å². The van der Waals surface area contributed by atoms with Crippen molar-refractivity contribution in [1.29, 1.82) is 0 Å². The lowest BCUT2D eigenvalue weighted by atomic mass is 10.2. The van der Waals surface area contributed by atoms with E-state index in [1.807, 2.05) is 6.92 Å². The van der Waals surface area contributed by atoms with Crippen molar-refractivity contribution in [2.24, 2.45) is 0 Å². The molecule has 2 rings (SSSR count). The molecule has 6 nitrogen and oxygen atoms in total. The molecular weight excluding hydrogens is 262 g/mol. The zero-order valence-electron chi connectivity index (χ0n) is 11.6. The Hall–Kier alpha value is -1.21. The third kappa shape index (κ3) is 3.22. The average molecular weight is 283 g/mol. The minimum Gasteiger partial charge on any atom is -0.355 e. The van der Waals surface area contributed by atoms with Crippen LogP contribution in [0.15, 0.2) is 0 Å². The summed E-state index contributed by atoms with van der Waals surface area (Å²) < 4.78 is 4.37. The van der Waals surface area contributed by atoms with Crippen LogP contribution >= 0.6 is 11.5 Å². The fourth-order valence-corrected chi connectivity index (χ4v) is 2.92. The number of nitrogens with one attached hydrogen (secondary N) is 2. The van der Waals surface area contributed by atoms with Gasteiger partial charge in [0.1, 0.15) is 11.9 Å². The molecule has 2 heterocycles. The van der Waals surface area contributed by atoms with Gasteiger partial charge in [0.15, 0.2) is 0 Å². The van der Waals surface area contributed by atoms with Crippen molar-refractivity contribution in [1.82, 2.24) is 20.0 Å². The molecule has 1 aliphatic rings. The van der Waals surface area contributed by atoms with Crippen molar-refractivity contribution in [2.45, 2.75) is 32.7 Å². The first-order chi connectivity index (χ1) is 9.13. The smallest absolute Gasteiger partial charge is 0.244 e. The number of aromatic nitrogens is 2. The molecule has 1 aromatic rings. The summed E-state index contributed by atoms with van der Waals surface area (Å²) in [4.78, 5) is 18.7. The Labute approximate surface area is 117 Å². The molecular formula is C12H21N5OS. The second-order valence-electron chi connectivity index (χ2n) is 4.90. The van der Waals surface area contributed by atoms with E-state index in [1.165, 1.54) is 11.5 Å². The van der Waals surface area contributed by atoms with E-state index in [-0.39, 0.29) is 11.9 Å². The number of rotatable bonds is 4. The molecule has 0 saturated carbocycles. The normalized spacial score (nSPS) is 19.8. The minimum atomic E-state index is -0.193. The van der Waals surface area contributed by atoms with Gasteiger partial charge in [-0.25, -0.2) is 4.98 Å². The van der Waals surface area contributed by atoms with Crippen molar-refractivity contribution >= 4 is 22.6 Å². The molecule has 0 radical (unpaired) electrons. The molecule has 0 aromatic carbocycles. The van der Waals surface area contributed by atoms with Crippen molar-refractivity contribution < 1.29 is 4.79 Å². The monoisotopic (exact) mass is 283 g/mol. The summed E-state index contributed by atoms with van der Waals surface area (Å²) in [5.41, 5.74) is 0. The number of carbonyl (C=O) groups excluding carboxylic acids is 1. The molecule has 1 amide bonds. The third-order valence-electron chi connectivity index (χ3n) is 3.09. The van der Waals surface area contributed by atoms with Gasteiger partial charge in [-0.05, 0) is 6.92 Å². The van der Waals surface area contributed by atoms with Crippen LogP contribution in [0.5, 0.6) is 0 Å². The molecule has 0 spiro atoms. The highest BCUT2D eigenvalue weighted by Gasteiger charge is 2.30. The summed E-state index contributed by atoms with van der Waals surface area (Å²) in [5.74, 6) is 1.22. The molecule has 1 fully saturated rings. The molecule has 1 saturated heterocycles. The topological polar surface area (TPSA) is 70.2 Å². The number of likely N-dealkylation sites (N-methyl/N-ethyl adjacent to an activating group) is 1. The minimum absolute atomic E-state index is 0.0518. The quantitative estimate of drug-likeness (QED) is 0.846. The van der Waals surface area contributed by atoms with Gasteiger partial charge in [0, 0.05) is 43.6 Å². The number of carbonyl (C=O) groups is 1. The van der Waals surface area contributed by atoms with Gasteiger partial charge < -0.3 is 15.5 Å². The summed E-state index contributed by atoms with van der Waals surface area (Å²) in [6, 6.07) is -0.193. The molecule has 7 heteroatoms. The molecule has 1 aliphatic heterocycles. The number of hydrogen-bond donors (Lipinski definition) is 2. The Morgan fingerprint density at radius 3 is 3.05 bits per heavy atom. The molecule has 1 unspecified atom stereocenters. The van der Waals surface area contributed by atoms with Crippen LogP contribution in [0.1, 0.15) is 32.5 Å². The molecule has 106 valence electrons. The summed E-state index contributed by atoms with van der Waals surface area (Å²) in [5, 5.41) is 6.99. The van der Waals surface area contributed by atoms with E-state index >= 15 is 0 Å². The Morgan fingerprint density at radius 1 is 1.63 bits per heavy atom. The Kier molecular flexibility index (Phi) is 4.71. The first kappa shape index (κ1) is 14.2. The van der Waals surface area contributed by atoms with Crippen LogP contribution < -0.4 is 15.5 Å². The van der Waals surface area contributed by atoms with Crippen LogP contribution in [0.3, 0.4) is 0 Å². The van der Waals surface area contributed by atoms with Crippen LogP contribution in [0, 0.1) is 0 Å². The molecule has 1 atom stereocenters. The number of amides is 1. The van der Waals surface area contributed by atoms with Crippen LogP contribution in [0.2, 0.25) is 0 Å². The van der Waals surface area contributed by atoms with Crippen LogP contribution in [-0.2, 0) is 4.79 Å². The predicted molar refractivity (Wildman–Crippen MR) is 76.7 cm³/mol. The van der Waals surface area contributed by atoms with E-state index < -0.39 is 0 Å². The van der Waals surface area contributed by atoms with E-state index in [9.17, 15) is 4.79 Å². The maximum atomic E-state index is 12.1. The first-order valence-corrected chi connectivity index (χ1v) is 7.49. The SMILES string of the molecule is CCNC(=O)C1CNCCN1c1nc(C(C)C)ns1. The van der Waals surface area contributed by atoms with Crippen LogP contribution in [0.4, 0.5) is 5.13 Å². The fourth-order valence-electron chi connectivity index (χ4n) is 2.04. The van der Waals surface area contributed by atoms with Gasteiger partial charge in [0.25, 0.3) is 0 Å². The average Bonchev–Trinajstić information content (AvgIpc) is 2.88. The highest BCUT2D eigenvalue weighted by Crippen LogP contribution is 2.23. The molecule has 2 N–H and O–H groups in total. The van der Waals surface area contributed by atoms with Crippen molar-refractivity contribution in [3.63, 3.8) is 0 Å². The Bertz CT molecular complexity index is 434.